The van der Waals surface area contributed by atoms with E-state index < -0.39 is 0 Å². The summed E-state index contributed by atoms with van der Waals surface area (Å²) in [4.78, 5) is 17.1. The van der Waals surface area contributed by atoms with E-state index in [-0.39, 0.29) is 0 Å². The maximum absolute atomic E-state index is 10.9. The van der Waals surface area contributed by atoms with E-state index in [0.29, 0.717) is 5.69 Å². The molecule has 0 aliphatic rings. The molecule has 3 nitrogen and oxygen atoms in total. The Morgan fingerprint density at radius 3 is 2.67 bits per heavy atom. The molecule has 0 fully saturated rings. The Hall–Kier alpha value is -1.90. The summed E-state index contributed by atoms with van der Waals surface area (Å²) in [5.74, 6) is 0. The van der Waals surface area contributed by atoms with Crippen LogP contribution in [-0.4, -0.2) is 25.4 Å². The first-order chi connectivity index (χ1) is 7.22. The number of benzene rings is 1. The molecular formula is C12H12N2O. The maximum atomic E-state index is 10.9. The molecule has 0 N–H and O–H groups in total. The summed E-state index contributed by atoms with van der Waals surface area (Å²) in [5, 5.41) is 1.05. The molecule has 1 heterocycles. The summed E-state index contributed by atoms with van der Waals surface area (Å²) < 4.78 is 0. The predicted molar refractivity (Wildman–Crippen MR) is 61.5 cm³/mol. The van der Waals surface area contributed by atoms with Crippen LogP contribution in [0.1, 0.15) is 10.5 Å². The molecule has 0 saturated carbocycles. The van der Waals surface area contributed by atoms with E-state index in [1.807, 2.05) is 49.3 Å². The van der Waals surface area contributed by atoms with E-state index in [0.717, 1.165) is 22.9 Å². The number of para-hydroxylation sites is 1. The first-order valence-electron chi connectivity index (χ1n) is 4.74. The molecule has 0 radical (unpaired) electrons. The molecule has 0 saturated heterocycles. The molecule has 3 heteroatoms. The summed E-state index contributed by atoms with van der Waals surface area (Å²) in [6, 6.07) is 9.75. The SMILES string of the molecule is CN(C)c1cc2ccccc2nc1C=O. The minimum Gasteiger partial charge on any atom is -0.376 e. The first kappa shape index (κ1) is 9.65. The lowest BCUT2D eigenvalue weighted by molar-refractivity contribution is 0.112. The second-order valence-electron chi connectivity index (χ2n) is 3.60. The van der Waals surface area contributed by atoms with Crippen molar-refractivity contribution in [3.63, 3.8) is 0 Å². The van der Waals surface area contributed by atoms with Crippen LogP contribution in [0.5, 0.6) is 0 Å². The van der Waals surface area contributed by atoms with Crippen molar-refractivity contribution in [3.05, 3.63) is 36.0 Å². The zero-order valence-corrected chi connectivity index (χ0v) is 8.77. The van der Waals surface area contributed by atoms with Gasteiger partial charge in [-0.15, -0.1) is 0 Å². The number of anilines is 1. The molecular weight excluding hydrogens is 188 g/mol. The van der Waals surface area contributed by atoms with Crippen molar-refractivity contribution < 1.29 is 4.79 Å². The highest BCUT2D eigenvalue weighted by molar-refractivity contribution is 5.90. The number of pyridine rings is 1. The molecule has 2 aromatic rings. The van der Waals surface area contributed by atoms with Crippen LogP contribution >= 0.6 is 0 Å². The van der Waals surface area contributed by atoms with E-state index in [1.54, 1.807) is 0 Å². The van der Waals surface area contributed by atoms with Crippen LogP contribution < -0.4 is 4.90 Å². The number of carbonyl (C=O) groups excluding carboxylic acids is 1. The van der Waals surface area contributed by atoms with Gasteiger partial charge in [-0.2, -0.15) is 0 Å². The van der Waals surface area contributed by atoms with Gasteiger partial charge in [0.15, 0.2) is 6.29 Å². The smallest absolute Gasteiger partial charge is 0.170 e. The van der Waals surface area contributed by atoms with E-state index in [9.17, 15) is 4.79 Å². The van der Waals surface area contributed by atoms with Crippen molar-refractivity contribution in [1.82, 2.24) is 4.98 Å². The number of aromatic nitrogens is 1. The number of fused-ring (bicyclic) bond motifs is 1. The van der Waals surface area contributed by atoms with Crippen molar-refractivity contribution in [2.24, 2.45) is 0 Å². The Morgan fingerprint density at radius 1 is 1.27 bits per heavy atom. The standard InChI is InChI=1S/C12H12N2O/c1-14(2)12-7-9-5-3-4-6-10(9)13-11(12)8-15/h3-8H,1-2H3. The van der Waals surface area contributed by atoms with Crippen molar-refractivity contribution in [2.75, 3.05) is 19.0 Å². The van der Waals surface area contributed by atoms with Crippen LogP contribution in [0.2, 0.25) is 0 Å². The highest BCUT2D eigenvalue weighted by Gasteiger charge is 2.06. The monoisotopic (exact) mass is 200 g/mol. The molecule has 2 rings (SSSR count). The summed E-state index contributed by atoms with van der Waals surface area (Å²) in [6.45, 7) is 0. The molecule has 0 bridgehead atoms. The van der Waals surface area contributed by atoms with E-state index in [2.05, 4.69) is 4.98 Å². The fourth-order valence-corrected chi connectivity index (χ4v) is 1.56. The van der Waals surface area contributed by atoms with Gasteiger partial charge in [-0.05, 0) is 12.1 Å². The van der Waals surface area contributed by atoms with Gasteiger partial charge in [0.25, 0.3) is 0 Å². The lowest BCUT2D eigenvalue weighted by Gasteiger charge is -2.14. The fraction of sp³-hybridized carbons (Fsp3) is 0.167. The Balaban J connectivity index is 2.74. The summed E-state index contributed by atoms with van der Waals surface area (Å²) >= 11 is 0. The van der Waals surface area contributed by atoms with Crippen molar-refractivity contribution in [3.8, 4) is 0 Å². The molecule has 76 valence electrons. The van der Waals surface area contributed by atoms with Gasteiger partial charge in [-0.3, -0.25) is 4.79 Å². The lowest BCUT2D eigenvalue weighted by Crippen LogP contribution is -2.12. The maximum Gasteiger partial charge on any atom is 0.170 e. The number of nitrogens with zero attached hydrogens (tertiary/aromatic N) is 2. The van der Waals surface area contributed by atoms with Crippen LogP contribution in [-0.2, 0) is 0 Å². The number of rotatable bonds is 2. The first-order valence-corrected chi connectivity index (χ1v) is 4.74. The third kappa shape index (κ3) is 1.68. The Morgan fingerprint density at radius 2 is 2.00 bits per heavy atom. The van der Waals surface area contributed by atoms with Crippen LogP contribution in [0.15, 0.2) is 30.3 Å². The molecule has 1 aromatic heterocycles. The minimum absolute atomic E-state index is 0.485. The van der Waals surface area contributed by atoms with Gasteiger partial charge in [0, 0.05) is 19.5 Å². The molecule has 1 aromatic carbocycles. The summed E-state index contributed by atoms with van der Waals surface area (Å²) in [7, 11) is 3.80. The van der Waals surface area contributed by atoms with Crippen LogP contribution in [0.3, 0.4) is 0 Å². The lowest BCUT2D eigenvalue weighted by atomic mass is 10.1. The Bertz CT molecular complexity index is 506. The Kier molecular flexibility index (Phi) is 2.37. The zero-order valence-electron chi connectivity index (χ0n) is 8.77. The van der Waals surface area contributed by atoms with Gasteiger partial charge in [0.05, 0.1) is 11.2 Å². The molecule has 0 aliphatic heterocycles. The minimum atomic E-state index is 0.485. The van der Waals surface area contributed by atoms with E-state index in [4.69, 9.17) is 0 Å². The molecule has 0 amide bonds. The molecule has 15 heavy (non-hydrogen) atoms. The van der Waals surface area contributed by atoms with Crippen molar-refractivity contribution >= 4 is 22.9 Å². The number of carbonyl (C=O) groups is 1. The van der Waals surface area contributed by atoms with Crippen molar-refractivity contribution in [2.45, 2.75) is 0 Å². The highest BCUT2D eigenvalue weighted by atomic mass is 16.1. The van der Waals surface area contributed by atoms with Gasteiger partial charge in [0.2, 0.25) is 0 Å². The average Bonchev–Trinajstić information content (AvgIpc) is 2.27. The Labute approximate surface area is 88.3 Å². The third-order valence-corrected chi connectivity index (χ3v) is 2.33. The number of hydrogen-bond donors (Lipinski definition) is 0. The molecule has 0 atom stereocenters. The number of aldehydes is 1. The third-order valence-electron chi connectivity index (χ3n) is 2.33. The van der Waals surface area contributed by atoms with Crippen LogP contribution in [0, 0.1) is 0 Å². The predicted octanol–water partition coefficient (Wildman–Crippen LogP) is 2.11. The van der Waals surface area contributed by atoms with Gasteiger partial charge in [0.1, 0.15) is 5.69 Å². The van der Waals surface area contributed by atoms with Gasteiger partial charge >= 0.3 is 0 Å². The van der Waals surface area contributed by atoms with Gasteiger partial charge in [-0.1, -0.05) is 18.2 Å². The topological polar surface area (TPSA) is 33.2 Å². The van der Waals surface area contributed by atoms with E-state index in [1.165, 1.54) is 0 Å². The highest BCUT2D eigenvalue weighted by Crippen LogP contribution is 2.21. The molecule has 0 unspecified atom stereocenters. The largest absolute Gasteiger partial charge is 0.376 e. The van der Waals surface area contributed by atoms with E-state index >= 15 is 0 Å². The molecule has 0 spiro atoms. The fourth-order valence-electron chi connectivity index (χ4n) is 1.56. The van der Waals surface area contributed by atoms with Gasteiger partial charge < -0.3 is 4.90 Å². The summed E-state index contributed by atoms with van der Waals surface area (Å²) in [6.07, 6.45) is 0.793. The average molecular weight is 200 g/mol. The quantitative estimate of drug-likeness (QED) is 0.696. The van der Waals surface area contributed by atoms with Crippen LogP contribution in [0.4, 0.5) is 5.69 Å². The normalized spacial score (nSPS) is 10.3. The van der Waals surface area contributed by atoms with Gasteiger partial charge in [-0.25, -0.2) is 4.98 Å². The second-order valence-corrected chi connectivity index (χ2v) is 3.60. The second kappa shape index (κ2) is 3.69. The van der Waals surface area contributed by atoms with Crippen molar-refractivity contribution in [1.29, 1.82) is 0 Å². The number of hydrogen-bond acceptors (Lipinski definition) is 3. The summed E-state index contributed by atoms with van der Waals surface area (Å²) in [5.41, 5.74) is 2.19. The zero-order chi connectivity index (χ0) is 10.8. The molecule has 0 aliphatic carbocycles. The van der Waals surface area contributed by atoms with Crippen LogP contribution in [0.25, 0.3) is 10.9 Å².